The molecule has 7 heteroatoms. The molecule has 0 saturated heterocycles. The van der Waals surface area contributed by atoms with E-state index in [0.29, 0.717) is 38.8 Å². The van der Waals surface area contributed by atoms with Gasteiger partial charge in [-0.05, 0) is 47.4 Å². The summed E-state index contributed by atoms with van der Waals surface area (Å²) in [7, 11) is 0. The van der Waals surface area contributed by atoms with Crippen molar-refractivity contribution >= 4 is 18.0 Å². The summed E-state index contributed by atoms with van der Waals surface area (Å²) in [6.07, 6.45) is 1.74. The monoisotopic (exact) mass is 466 g/mol. The molecule has 34 heavy (non-hydrogen) atoms. The summed E-state index contributed by atoms with van der Waals surface area (Å²) in [5, 5.41) is 14.5. The third-order valence-corrected chi connectivity index (χ3v) is 6.34. The standard InChI is InChI=1S/C27H34N2O5/c1-18(16-25(30)28-14-7-8-19(2)26(31)32)13-15-29-27(33)34-17-24-22-11-5-3-9-20(22)21-10-4-6-12-23(21)24/h3-6,9-12,18-19,24H,7-8,13-17H2,1-2H3,(H,28,30)(H,29,33)(H,31,32). The van der Waals surface area contributed by atoms with Crippen LogP contribution in [0, 0.1) is 11.8 Å². The van der Waals surface area contributed by atoms with Crippen molar-refractivity contribution in [2.24, 2.45) is 11.8 Å². The highest BCUT2D eigenvalue weighted by molar-refractivity contribution is 5.79. The first-order valence-corrected chi connectivity index (χ1v) is 11.9. The number of carboxylic acid groups (broad SMARTS) is 1. The Hall–Kier alpha value is -3.35. The van der Waals surface area contributed by atoms with Crippen LogP contribution in [0.25, 0.3) is 11.1 Å². The molecule has 3 rings (SSSR count). The fraction of sp³-hybridized carbons (Fsp3) is 0.444. The maximum absolute atomic E-state index is 12.3. The van der Waals surface area contributed by atoms with Gasteiger partial charge in [-0.25, -0.2) is 4.79 Å². The van der Waals surface area contributed by atoms with E-state index in [1.807, 2.05) is 31.2 Å². The molecular formula is C27H34N2O5. The zero-order valence-corrected chi connectivity index (χ0v) is 19.9. The molecule has 0 heterocycles. The van der Waals surface area contributed by atoms with E-state index in [1.165, 1.54) is 22.3 Å². The first-order valence-electron chi connectivity index (χ1n) is 11.9. The lowest BCUT2D eigenvalue weighted by molar-refractivity contribution is -0.141. The Morgan fingerprint density at radius 3 is 2.15 bits per heavy atom. The summed E-state index contributed by atoms with van der Waals surface area (Å²) in [4.78, 5) is 35.1. The summed E-state index contributed by atoms with van der Waals surface area (Å²) in [6.45, 7) is 4.81. The van der Waals surface area contributed by atoms with E-state index in [2.05, 4.69) is 34.9 Å². The summed E-state index contributed by atoms with van der Waals surface area (Å²) in [6, 6.07) is 16.4. The van der Waals surface area contributed by atoms with Crippen LogP contribution < -0.4 is 10.6 Å². The molecule has 2 atom stereocenters. The van der Waals surface area contributed by atoms with Gasteiger partial charge in [-0.2, -0.15) is 0 Å². The van der Waals surface area contributed by atoms with Gasteiger partial charge in [0.05, 0.1) is 5.92 Å². The smallest absolute Gasteiger partial charge is 0.407 e. The largest absolute Gasteiger partial charge is 0.481 e. The highest BCUT2D eigenvalue weighted by Crippen LogP contribution is 2.44. The zero-order chi connectivity index (χ0) is 24.5. The predicted octanol–water partition coefficient (Wildman–Crippen LogP) is 4.56. The van der Waals surface area contributed by atoms with E-state index >= 15 is 0 Å². The molecule has 0 aromatic heterocycles. The molecule has 3 N–H and O–H groups in total. The molecule has 2 aromatic rings. The summed E-state index contributed by atoms with van der Waals surface area (Å²) < 4.78 is 5.53. The van der Waals surface area contributed by atoms with Crippen molar-refractivity contribution in [2.75, 3.05) is 19.7 Å². The summed E-state index contributed by atoms with van der Waals surface area (Å²) in [5.74, 6) is -1.15. The Balaban J connectivity index is 1.34. The first-order chi connectivity index (χ1) is 16.4. The lowest BCUT2D eigenvalue weighted by atomic mass is 9.98. The number of fused-ring (bicyclic) bond motifs is 3. The number of carbonyl (C=O) groups excluding carboxylic acids is 2. The molecule has 182 valence electrons. The van der Waals surface area contributed by atoms with Crippen molar-refractivity contribution in [3.63, 3.8) is 0 Å². The van der Waals surface area contributed by atoms with E-state index in [4.69, 9.17) is 9.84 Å². The Morgan fingerprint density at radius 1 is 0.912 bits per heavy atom. The SMILES string of the molecule is CC(CCNC(=O)OCC1c2ccccc2-c2ccccc21)CC(=O)NCCCC(C)C(=O)O. The number of ether oxygens (including phenoxy) is 1. The Kier molecular flexibility index (Phi) is 9.08. The van der Waals surface area contributed by atoms with Crippen molar-refractivity contribution in [3.05, 3.63) is 59.7 Å². The van der Waals surface area contributed by atoms with Gasteiger partial charge in [-0.15, -0.1) is 0 Å². The van der Waals surface area contributed by atoms with E-state index in [0.717, 1.165) is 0 Å². The molecule has 0 spiro atoms. The van der Waals surface area contributed by atoms with Crippen LogP contribution in [-0.2, 0) is 14.3 Å². The van der Waals surface area contributed by atoms with Gasteiger partial charge in [0, 0.05) is 25.4 Å². The molecule has 0 radical (unpaired) electrons. The fourth-order valence-electron chi connectivity index (χ4n) is 4.32. The predicted molar refractivity (Wildman–Crippen MR) is 131 cm³/mol. The number of hydrogen-bond donors (Lipinski definition) is 3. The number of benzene rings is 2. The van der Waals surface area contributed by atoms with Crippen LogP contribution in [0.4, 0.5) is 4.79 Å². The zero-order valence-electron chi connectivity index (χ0n) is 19.9. The minimum absolute atomic E-state index is 0.0271. The van der Waals surface area contributed by atoms with Crippen molar-refractivity contribution in [1.82, 2.24) is 10.6 Å². The van der Waals surface area contributed by atoms with Crippen LogP contribution in [0.15, 0.2) is 48.5 Å². The summed E-state index contributed by atoms with van der Waals surface area (Å²) >= 11 is 0. The van der Waals surface area contributed by atoms with Gasteiger partial charge in [0.25, 0.3) is 0 Å². The number of alkyl carbamates (subject to hydrolysis) is 1. The molecule has 2 unspecified atom stereocenters. The van der Waals surface area contributed by atoms with E-state index in [-0.39, 0.29) is 24.3 Å². The third-order valence-electron chi connectivity index (χ3n) is 6.34. The maximum atomic E-state index is 12.3. The van der Waals surface area contributed by atoms with E-state index < -0.39 is 18.0 Å². The van der Waals surface area contributed by atoms with Gasteiger partial charge >= 0.3 is 12.1 Å². The molecule has 0 saturated carbocycles. The number of rotatable bonds is 12. The quantitative estimate of drug-likeness (QED) is 0.398. The number of amides is 2. The molecule has 2 aromatic carbocycles. The lowest BCUT2D eigenvalue weighted by Crippen LogP contribution is -2.30. The Labute approximate surface area is 200 Å². The first kappa shape index (κ1) is 25.3. The van der Waals surface area contributed by atoms with Gasteiger partial charge < -0.3 is 20.5 Å². The molecule has 7 nitrogen and oxygen atoms in total. The number of carboxylic acids is 1. The lowest BCUT2D eigenvalue weighted by Gasteiger charge is -2.15. The second-order valence-corrected chi connectivity index (χ2v) is 9.08. The number of nitrogens with one attached hydrogen (secondary N) is 2. The minimum atomic E-state index is -0.816. The number of aliphatic carboxylic acids is 1. The van der Waals surface area contributed by atoms with Crippen LogP contribution in [0.3, 0.4) is 0 Å². The maximum Gasteiger partial charge on any atom is 0.407 e. The van der Waals surface area contributed by atoms with Crippen LogP contribution in [0.1, 0.15) is 56.6 Å². The van der Waals surface area contributed by atoms with E-state index in [1.54, 1.807) is 6.92 Å². The van der Waals surface area contributed by atoms with Crippen molar-refractivity contribution in [2.45, 2.75) is 45.4 Å². The van der Waals surface area contributed by atoms with Crippen molar-refractivity contribution in [1.29, 1.82) is 0 Å². The number of hydrogen-bond acceptors (Lipinski definition) is 4. The van der Waals surface area contributed by atoms with Crippen molar-refractivity contribution < 1.29 is 24.2 Å². The highest BCUT2D eigenvalue weighted by Gasteiger charge is 2.28. The van der Waals surface area contributed by atoms with Gasteiger partial charge in [-0.3, -0.25) is 9.59 Å². The molecule has 1 aliphatic carbocycles. The highest BCUT2D eigenvalue weighted by atomic mass is 16.5. The van der Waals surface area contributed by atoms with Gasteiger partial charge in [-0.1, -0.05) is 62.4 Å². The van der Waals surface area contributed by atoms with Gasteiger partial charge in [0.1, 0.15) is 6.61 Å². The fourth-order valence-corrected chi connectivity index (χ4v) is 4.32. The molecule has 1 aliphatic rings. The normalized spacial score (nSPS) is 13.9. The molecule has 0 fully saturated rings. The van der Waals surface area contributed by atoms with Crippen molar-refractivity contribution in [3.8, 4) is 11.1 Å². The average molecular weight is 467 g/mol. The average Bonchev–Trinajstić information content (AvgIpc) is 3.14. The molecule has 0 bridgehead atoms. The Morgan fingerprint density at radius 2 is 1.53 bits per heavy atom. The second-order valence-electron chi connectivity index (χ2n) is 9.08. The van der Waals surface area contributed by atoms with Crippen LogP contribution in [0.2, 0.25) is 0 Å². The minimum Gasteiger partial charge on any atom is -0.481 e. The molecular weight excluding hydrogens is 432 g/mol. The molecule has 2 amide bonds. The third kappa shape index (κ3) is 6.83. The van der Waals surface area contributed by atoms with Gasteiger partial charge in [0.2, 0.25) is 5.91 Å². The topological polar surface area (TPSA) is 105 Å². The summed E-state index contributed by atoms with van der Waals surface area (Å²) in [5.41, 5.74) is 4.73. The Bertz CT molecular complexity index is 961. The van der Waals surface area contributed by atoms with Crippen LogP contribution >= 0.6 is 0 Å². The second kappa shape index (κ2) is 12.2. The van der Waals surface area contributed by atoms with E-state index in [9.17, 15) is 14.4 Å². The number of carbonyl (C=O) groups is 3. The van der Waals surface area contributed by atoms with Crippen LogP contribution in [-0.4, -0.2) is 42.8 Å². The molecule has 0 aliphatic heterocycles. The van der Waals surface area contributed by atoms with Gasteiger partial charge in [0.15, 0.2) is 0 Å². The van der Waals surface area contributed by atoms with Crippen LogP contribution in [0.5, 0.6) is 0 Å².